The van der Waals surface area contributed by atoms with Crippen molar-refractivity contribution in [3.63, 3.8) is 0 Å². The van der Waals surface area contributed by atoms with Gasteiger partial charge in [0.15, 0.2) is 5.13 Å². The van der Waals surface area contributed by atoms with Crippen molar-refractivity contribution in [2.45, 2.75) is 6.42 Å². The molecule has 2 N–H and O–H groups in total. The molecular formula is C16H19N3O4S. The van der Waals surface area contributed by atoms with Gasteiger partial charge in [-0.1, -0.05) is 23.5 Å². The number of benzene rings is 1. The number of fused-ring (bicyclic) bond motifs is 1. The number of carbonyl (C=O) groups is 2. The molecule has 3 rings (SSSR count). The van der Waals surface area contributed by atoms with E-state index >= 15 is 0 Å². The quantitative estimate of drug-likeness (QED) is 0.856. The molecule has 1 saturated heterocycles. The van der Waals surface area contributed by atoms with E-state index in [0.29, 0.717) is 19.6 Å². The van der Waals surface area contributed by atoms with Gasteiger partial charge in [0.25, 0.3) is 0 Å². The van der Waals surface area contributed by atoms with E-state index in [1.165, 1.54) is 16.2 Å². The van der Waals surface area contributed by atoms with Gasteiger partial charge < -0.3 is 20.0 Å². The van der Waals surface area contributed by atoms with Crippen LogP contribution in [0.3, 0.4) is 0 Å². The van der Waals surface area contributed by atoms with E-state index in [1.54, 1.807) is 0 Å². The Bertz CT molecular complexity index is 715. The molecule has 0 spiro atoms. The molecule has 1 atom stereocenters. The number of aromatic nitrogens is 1. The number of carbonyl (C=O) groups excluding carboxylic acids is 1. The molecule has 0 aliphatic carbocycles. The zero-order chi connectivity index (χ0) is 17.1. The van der Waals surface area contributed by atoms with E-state index in [-0.39, 0.29) is 25.5 Å². The summed E-state index contributed by atoms with van der Waals surface area (Å²) in [5, 5.41) is 19.2. The van der Waals surface area contributed by atoms with Crippen LogP contribution < -0.4 is 4.90 Å². The Hall–Kier alpha value is -2.19. The van der Waals surface area contributed by atoms with Gasteiger partial charge in [-0.2, -0.15) is 0 Å². The van der Waals surface area contributed by atoms with Crippen LogP contribution in [0.15, 0.2) is 24.3 Å². The van der Waals surface area contributed by atoms with Gasteiger partial charge in [0.1, 0.15) is 0 Å². The summed E-state index contributed by atoms with van der Waals surface area (Å²) in [6, 6.07) is 7.78. The van der Waals surface area contributed by atoms with E-state index in [4.69, 9.17) is 5.11 Å². The van der Waals surface area contributed by atoms with Crippen molar-refractivity contribution in [2.24, 2.45) is 5.92 Å². The molecule has 1 fully saturated rings. The monoisotopic (exact) mass is 349 g/mol. The van der Waals surface area contributed by atoms with Gasteiger partial charge >= 0.3 is 5.97 Å². The predicted molar refractivity (Wildman–Crippen MR) is 91.2 cm³/mol. The summed E-state index contributed by atoms with van der Waals surface area (Å²) >= 11 is 1.53. The van der Waals surface area contributed by atoms with Gasteiger partial charge in [0.2, 0.25) is 5.91 Å². The van der Waals surface area contributed by atoms with E-state index in [2.05, 4.69) is 4.98 Å². The van der Waals surface area contributed by atoms with Crippen LogP contribution in [0.2, 0.25) is 0 Å². The first-order valence-corrected chi connectivity index (χ1v) is 8.62. The topological polar surface area (TPSA) is 94.0 Å². The molecule has 7 nitrogen and oxygen atoms in total. The van der Waals surface area contributed by atoms with Crippen LogP contribution in [0.4, 0.5) is 5.13 Å². The minimum Gasteiger partial charge on any atom is -0.481 e. The number of carboxylic acid groups (broad SMARTS) is 1. The molecule has 128 valence electrons. The van der Waals surface area contributed by atoms with Crippen LogP contribution in [-0.4, -0.2) is 64.8 Å². The zero-order valence-corrected chi connectivity index (χ0v) is 13.9. The standard InChI is InChI=1S/C16H19N3O4S/c20-8-5-14(21)18-6-7-19(10-11(9-18)15(22)23)16-17-12-3-1-2-4-13(12)24-16/h1-4,11,20H,5-10H2,(H,22,23)/t11-/m1/s1. The number of aliphatic hydroxyl groups is 1. The Morgan fingerprint density at radius 3 is 2.75 bits per heavy atom. The van der Waals surface area contributed by atoms with Crippen molar-refractivity contribution in [3.8, 4) is 0 Å². The lowest BCUT2D eigenvalue weighted by Gasteiger charge is -2.21. The average Bonchev–Trinajstić information content (AvgIpc) is 2.86. The molecule has 0 unspecified atom stereocenters. The highest BCUT2D eigenvalue weighted by molar-refractivity contribution is 7.22. The van der Waals surface area contributed by atoms with Crippen molar-refractivity contribution in [1.82, 2.24) is 9.88 Å². The Morgan fingerprint density at radius 1 is 1.25 bits per heavy atom. The molecule has 0 bridgehead atoms. The number of hydrogen-bond donors (Lipinski definition) is 2. The molecule has 1 aromatic carbocycles. The fourth-order valence-corrected chi connectivity index (χ4v) is 3.82. The van der Waals surface area contributed by atoms with Crippen LogP contribution in [-0.2, 0) is 9.59 Å². The van der Waals surface area contributed by atoms with Gasteiger partial charge in [-0.25, -0.2) is 4.98 Å². The van der Waals surface area contributed by atoms with Gasteiger partial charge in [-0.15, -0.1) is 0 Å². The van der Waals surface area contributed by atoms with Gasteiger partial charge in [0.05, 0.1) is 22.7 Å². The summed E-state index contributed by atoms with van der Waals surface area (Å²) in [5.74, 6) is -1.82. The number of amides is 1. The lowest BCUT2D eigenvalue weighted by molar-refractivity contribution is -0.143. The van der Waals surface area contributed by atoms with Crippen LogP contribution in [0.25, 0.3) is 10.2 Å². The number of aliphatic hydroxyl groups excluding tert-OH is 1. The zero-order valence-electron chi connectivity index (χ0n) is 13.1. The maximum absolute atomic E-state index is 12.0. The van der Waals surface area contributed by atoms with Crippen LogP contribution in [0.1, 0.15) is 6.42 Å². The van der Waals surface area contributed by atoms with Gasteiger partial charge in [-0.05, 0) is 12.1 Å². The molecule has 0 saturated carbocycles. The fourth-order valence-electron chi connectivity index (χ4n) is 2.82. The predicted octanol–water partition coefficient (Wildman–Crippen LogP) is 1.03. The van der Waals surface area contributed by atoms with Crippen molar-refractivity contribution in [2.75, 3.05) is 37.7 Å². The largest absolute Gasteiger partial charge is 0.481 e. The minimum absolute atomic E-state index is 0.0213. The second-order valence-corrected chi connectivity index (χ2v) is 6.77. The lowest BCUT2D eigenvalue weighted by atomic mass is 10.1. The Balaban J connectivity index is 1.83. The molecule has 1 aromatic heterocycles. The third-order valence-corrected chi connectivity index (χ3v) is 5.20. The number of para-hydroxylation sites is 1. The SMILES string of the molecule is O=C(O)[C@@H]1CN(C(=O)CCO)CCN(c2nc3ccccc3s2)C1. The lowest BCUT2D eigenvalue weighted by Crippen LogP contribution is -2.38. The van der Waals surface area contributed by atoms with E-state index in [1.807, 2.05) is 29.2 Å². The molecule has 1 aliphatic heterocycles. The molecular weight excluding hydrogens is 330 g/mol. The Kier molecular flexibility index (Phi) is 4.96. The molecule has 24 heavy (non-hydrogen) atoms. The molecule has 1 amide bonds. The average molecular weight is 349 g/mol. The number of nitrogens with zero attached hydrogens (tertiary/aromatic N) is 3. The first-order valence-electron chi connectivity index (χ1n) is 7.80. The highest BCUT2D eigenvalue weighted by Gasteiger charge is 2.30. The normalized spacial score (nSPS) is 18.6. The Labute approximate surface area is 143 Å². The summed E-state index contributed by atoms with van der Waals surface area (Å²) in [6.45, 7) is 1.21. The van der Waals surface area contributed by atoms with Gasteiger partial charge in [-0.3, -0.25) is 9.59 Å². The minimum atomic E-state index is -0.926. The molecule has 1 aliphatic rings. The van der Waals surface area contributed by atoms with Crippen LogP contribution in [0, 0.1) is 5.92 Å². The van der Waals surface area contributed by atoms with Crippen LogP contribution >= 0.6 is 11.3 Å². The second-order valence-electron chi connectivity index (χ2n) is 5.76. The number of thiazole rings is 1. The Morgan fingerprint density at radius 2 is 2.04 bits per heavy atom. The van der Waals surface area contributed by atoms with E-state index in [0.717, 1.165) is 15.3 Å². The molecule has 8 heteroatoms. The second kappa shape index (κ2) is 7.14. The third-order valence-electron chi connectivity index (χ3n) is 4.10. The maximum Gasteiger partial charge on any atom is 0.310 e. The smallest absolute Gasteiger partial charge is 0.310 e. The highest BCUT2D eigenvalue weighted by atomic mass is 32.1. The number of rotatable bonds is 4. The third kappa shape index (κ3) is 3.49. The summed E-state index contributed by atoms with van der Waals surface area (Å²) in [4.78, 5) is 31.7. The summed E-state index contributed by atoms with van der Waals surface area (Å²) in [7, 11) is 0. The first kappa shape index (κ1) is 16.7. The maximum atomic E-state index is 12.0. The molecule has 0 radical (unpaired) electrons. The van der Waals surface area contributed by atoms with Crippen molar-refractivity contribution >= 4 is 38.6 Å². The number of aliphatic carboxylic acids is 1. The van der Waals surface area contributed by atoms with E-state index < -0.39 is 11.9 Å². The summed E-state index contributed by atoms with van der Waals surface area (Å²) in [6.07, 6.45) is 0.0213. The van der Waals surface area contributed by atoms with Gasteiger partial charge in [0, 0.05) is 32.6 Å². The molecule has 2 heterocycles. The number of carboxylic acids is 1. The number of anilines is 1. The first-order chi connectivity index (χ1) is 11.6. The summed E-state index contributed by atoms with van der Waals surface area (Å²) < 4.78 is 1.05. The molecule has 2 aromatic rings. The van der Waals surface area contributed by atoms with Crippen molar-refractivity contribution in [3.05, 3.63) is 24.3 Å². The van der Waals surface area contributed by atoms with Crippen LogP contribution in [0.5, 0.6) is 0 Å². The summed E-state index contributed by atoms with van der Waals surface area (Å²) in [5.41, 5.74) is 0.891. The van der Waals surface area contributed by atoms with Crippen molar-refractivity contribution in [1.29, 1.82) is 0 Å². The number of hydrogen-bond acceptors (Lipinski definition) is 6. The van der Waals surface area contributed by atoms with Crippen molar-refractivity contribution < 1.29 is 19.8 Å². The fraction of sp³-hybridized carbons (Fsp3) is 0.438. The highest BCUT2D eigenvalue weighted by Crippen LogP contribution is 2.29. The van der Waals surface area contributed by atoms with E-state index in [9.17, 15) is 14.7 Å².